The highest BCUT2D eigenvalue weighted by Crippen LogP contribution is 2.30. The SMILES string of the molecule is CCN=c1cc(-c2cccc(-c3c(C)noc3C)c2)nc(Nc2cc(C)[nH]n2)n1C. The molecule has 0 unspecified atom stereocenters. The van der Waals surface area contributed by atoms with Gasteiger partial charge < -0.3 is 9.84 Å². The fourth-order valence-electron chi connectivity index (χ4n) is 3.45. The maximum Gasteiger partial charge on any atom is 0.210 e. The zero-order valence-electron chi connectivity index (χ0n) is 17.8. The van der Waals surface area contributed by atoms with Crippen LogP contribution in [0.2, 0.25) is 0 Å². The first-order valence-electron chi connectivity index (χ1n) is 9.87. The monoisotopic (exact) mass is 403 g/mol. The van der Waals surface area contributed by atoms with Crippen LogP contribution in [0, 0.1) is 20.8 Å². The first-order valence-corrected chi connectivity index (χ1v) is 9.87. The molecule has 3 heterocycles. The normalized spacial score (nSPS) is 11.8. The number of hydrogen-bond donors (Lipinski definition) is 2. The molecule has 3 aromatic heterocycles. The Balaban J connectivity index is 1.83. The maximum absolute atomic E-state index is 5.35. The van der Waals surface area contributed by atoms with Gasteiger partial charge in [-0.05, 0) is 39.3 Å². The number of benzene rings is 1. The highest BCUT2D eigenvalue weighted by molar-refractivity contribution is 5.74. The van der Waals surface area contributed by atoms with Crippen molar-refractivity contribution in [2.45, 2.75) is 27.7 Å². The molecule has 8 nitrogen and oxygen atoms in total. The Bertz CT molecular complexity index is 1240. The van der Waals surface area contributed by atoms with Gasteiger partial charge in [-0.15, -0.1) is 0 Å². The topological polar surface area (TPSA) is 96.9 Å². The van der Waals surface area contributed by atoms with Crippen LogP contribution >= 0.6 is 0 Å². The number of aryl methyl sites for hydroxylation is 3. The molecule has 2 N–H and O–H groups in total. The third kappa shape index (κ3) is 3.76. The van der Waals surface area contributed by atoms with Gasteiger partial charge in [0, 0.05) is 42.5 Å². The summed E-state index contributed by atoms with van der Waals surface area (Å²) in [6.45, 7) is 8.53. The molecule has 30 heavy (non-hydrogen) atoms. The van der Waals surface area contributed by atoms with Crippen molar-refractivity contribution in [1.82, 2.24) is 24.9 Å². The molecule has 8 heteroatoms. The van der Waals surface area contributed by atoms with Crippen LogP contribution in [0.25, 0.3) is 22.4 Å². The molecule has 0 amide bonds. The van der Waals surface area contributed by atoms with E-state index in [1.54, 1.807) is 0 Å². The van der Waals surface area contributed by atoms with E-state index < -0.39 is 0 Å². The van der Waals surface area contributed by atoms with Crippen LogP contribution in [0.4, 0.5) is 11.8 Å². The minimum atomic E-state index is 0.661. The summed E-state index contributed by atoms with van der Waals surface area (Å²) in [5.74, 6) is 2.17. The second-order valence-electron chi connectivity index (χ2n) is 7.20. The number of anilines is 2. The van der Waals surface area contributed by atoms with Gasteiger partial charge in [-0.2, -0.15) is 5.10 Å². The maximum atomic E-state index is 5.35. The first-order chi connectivity index (χ1) is 14.5. The largest absolute Gasteiger partial charge is 0.361 e. The van der Waals surface area contributed by atoms with Crippen molar-refractivity contribution < 1.29 is 4.52 Å². The fraction of sp³-hybridized carbons (Fsp3) is 0.273. The quantitative estimate of drug-likeness (QED) is 0.524. The fourth-order valence-corrected chi connectivity index (χ4v) is 3.45. The number of rotatable bonds is 5. The number of aromatic nitrogens is 5. The first kappa shape index (κ1) is 19.6. The summed E-state index contributed by atoms with van der Waals surface area (Å²) >= 11 is 0. The van der Waals surface area contributed by atoms with Crippen LogP contribution in [-0.2, 0) is 7.05 Å². The average molecular weight is 403 g/mol. The molecule has 0 saturated heterocycles. The standard InChI is InChI=1S/C22H25N7O/c1-6-23-20-12-18(24-22(29(20)5)25-19-10-13(2)26-27-19)16-8-7-9-17(11-16)21-14(3)28-30-15(21)4/h7-12H,6H2,1-5H3,(H2,24,25,26,27). The van der Waals surface area contributed by atoms with Crippen molar-refractivity contribution in [3.8, 4) is 22.4 Å². The Morgan fingerprint density at radius 2 is 1.93 bits per heavy atom. The Labute approximate surface area is 174 Å². The lowest BCUT2D eigenvalue weighted by molar-refractivity contribution is 0.393. The van der Waals surface area contributed by atoms with Gasteiger partial charge in [-0.25, -0.2) is 4.98 Å². The van der Waals surface area contributed by atoms with Gasteiger partial charge in [0.25, 0.3) is 0 Å². The van der Waals surface area contributed by atoms with E-state index in [1.807, 2.05) is 63.6 Å². The molecule has 0 bridgehead atoms. The summed E-state index contributed by atoms with van der Waals surface area (Å²) in [4.78, 5) is 9.49. The second-order valence-corrected chi connectivity index (χ2v) is 7.20. The van der Waals surface area contributed by atoms with Crippen molar-refractivity contribution in [2.75, 3.05) is 11.9 Å². The highest BCUT2D eigenvalue weighted by Gasteiger charge is 2.14. The molecule has 0 fully saturated rings. The molecule has 4 rings (SSSR count). The van der Waals surface area contributed by atoms with Crippen molar-refractivity contribution in [3.05, 3.63) is 59.0 Å². The molecular formula is C22H25N7O. The summed E-state index contributed by atoms with van der Waals surface area (Å²) in [5, 5.41) is 14.6. The number of H-pyrrole nitrogens is 1. The minimum absolute atomic E-state index is 0.661. The number of hydrogen-bond acceptors (Lipinski definition) is 6. The van der Waals surface area contributed by atoms with Crippen LogP contribution in [0.5, 0.6) is 0 Å². The Hall–Kier alpha value is -3.68. The van der Waals surface area contributed by atoms with E-state index in [2.05, 4.69) is 37.8 Å². The smallest absolute Gasteiger partial charge is 0.210 e. The Morgan fingerprint density at radius 1 is 1.13 bits per heavy atom. The molecule has 0 aliphatic carbocycles. The summed E-state index contributed by atoms with van der Waals surface area (Å²) in [6, 6.07) is 12.2. The predicted octanol–water partition coefficient (Wildman–Crippen LogP) is 4.05. The molecule has 154 valence electrons. The zero-order valence-corrected chi connectivity index (χ0v) is 17.8. The molecule has 0 radical (unpaired) electrons. The summed E-state index contributed by atoms with van der Waals surface area (Å²) in [7, 11) is 1.94. The molecule has 0 atom stereocenters. The Morgan fingerprint density at radius 3 is 2.60 bits per heavy atom. The van der Waals surface area contributed by atoms with E-state index in [-0.39, 0.29) is 0 Å². The van der Waals surface area contributed by atoms with Crippen LogP contribution in [-0.4, -0.2) is 31.4 Å². The van der Waals surface area contributed by atoms with Crippen molar-refractivity contribution in [3.63, 3.8) is 0 Å². The minimum Gasteiger partial charge on any atom is -0.361 e. The van der Waals surface area contributed by atoms with Crippen LogP contribution in [0.15, 0.2) is 45.9 Å². The lowest BCUT2D eigenvalue weighted by Crippen LogP contribution is -2.22. The molecular weight excluding hydrogens is 378 g/mol. The van der Waals surface area contributed by atoms with Gasteiger partial charge in [0.05, 0.1) is 11.4 Å². The van der Waals surface area contributed by atoms with E-state index in [0.29, 0.717) is 18.3 Å². The van der Waals surface area contributed by atoms with Gasteiger partial charge in [-0.3, -0.25) is 14.7 Å². The van der Waals surface area contributed by atoms with Gasteiger partial charge in [0.1, 0.15) is 11.2 Å². The summed E-state index contributed by atoms with van der Waals surface area (Å²) in [6.07, 6.45) is 0. The third-order valence-electron chi connectivity index (χ3n) is 4.90. The Kier molecular flexibility index (Phi) is 5.22. The zero-order chi connectivity index (χ0) is 21.3. The molecule has 1 aromatic carbocycles. The van der Waals surface area contributed by atoms with E-state index >= 15 is 0 Å². The number of nitrogens with zero attached hydrogens (tertiary/aromatic N) is 5. The van der Waals surface area contributed by atoms with Crippen LogP contribution < -0.4 is 10.8 Å². The van der Waals surface area contributed by atoms with E-state index in [0.717, 1.165) is 45.0 Å². The van der Waals surface area contributed by atoms with Crippen molar-refractivity contribution in [1.29, 1.82) is 0 Å². The second kappa shape index (κ2) is 7.98. The van der Waals surface area contributed by atoms with Crippen molar-refractivity contribution in [2.24, 2.45) is 12.0 Å². The molecule has 0 aliphatic heterocycles. The van der Waals surface area contributed by atoms with Gasteiger partial charge in [-0.1, -0.05) is 23.4 Å². The van der Waals surface area contributed by atoms with Gasteiger partial charge in [0.15, 0.2) is 5.82 Å². The number of nitrogens with one attached hydrogen (secondary N) is 2. The highest BCUT2D eigenvalue weighted by atomic mass is 16.5. The lowest BCUT2D eigenvalue weighted by atomic mass is 10.0. The average Bonchev–Trinajstić information content (AvgIpc) is 3.29. The number of aromatic amines is 1. The predicted molar refractivity (Wildman–Crippen MR) is 116 cm³/mol. The molecule has 4 aromatic rings. The van der Waals surface area contributed by atoms with E-state index in [4.69, 9.17) is 9.51 Å². The van der Waals surface area contributed by atoms with Gasteiger partial charge in [0.2, 0.25) is 5.95 Å². The third-order valence-corrected chi connectivity index (χ3v) is 4.90. The van der Waals surface area contributed by atoms with Gasteiger partial charge >= 0.3 is 0 Å². The summed E-state index contributed by atoms with van der Waals surface area (Å²) in [5.41, 5.74) is 6.55. The van der Waals surface area contributed by atoms with E-state index in [1.165, 1.54) is 0 Å². The summed E-state index contributed by atoms with van der Waals surface area (Å²) < 4.78 is 7.27. The van der Waals surface area contributed by atoms with Crippen LogP contribution in [0.1, 0.15) is 24.1 Å². The van der Waals surface area contributed by atoms with E-state index in [9.17, 15) is 0 Å². The lowest BCUT2D eigenvalue weighted by Gasteiger charge is -2.12. The van der Waals surface area contributed by atoms with Crippen molar-refractivity contribution >= 4 is 11.8 Å². The van der Waals surface area contributed by atoms with Crippen LogP contribution in [0.3, 0.4) is 0 Å². The molecule has 0 aliphatic rings. The molecule has 0 saturated carbocycles. The molecule has 0 spiro atoms.